The number of aromatic amines is 1. The Kier molecular flexibility index (Phi) is 3.84. The molecule has 1 amide bonds. The first-order valence-electron chi connectivity index (χ1n) is 6.84. The lowest BCUT2D eigenvalue weighted by atomic mass is 10.2. The predicted octanol–water partition coefficient (Wildman–Crippen LogP) is 2.54. The van der Waals surface area contributed by atoms with Gasteiger partial charge in [-0.1, -0.05) is 0 Å². The van der Waals surface area contributed by atoms with Gasteiger partial charge in [0.1, 0.15) is 6.54 Å². The summed E-state index contributed by atoms with van der Waals surface area (Å²) in [6, 6.07) is 7.19. The van der Waals surface area contributed by atoms with Crippen LogP contribution in [-0.4, -0.2) is 26.6 Å². The van der Waals surface area contributed by atoms with Crippen molar-refractivity contribution in [2.24, 2.45) is 0 Å². The molecule has 124 valence electrons. The summed E-state index contributed by atoms with van der Waals surface area (Å²) in [5, 5.41) is 2.62. The van der Waals surface area contributed by atoms with Crippen molar-refractivity contribution in [3.8, 4) is 0 Å². The third-order valence-corrected chi connectivity index (χ3v) is 3.31. The summed E-state index contributed by atoms with van der Waals surface area (Å²) in [5.74, 6) is -0.451. The van der Waals surface area contributed by atoms with E-state index < -0.39 is 24.3 Å². The lowest BCUT2D eigenvalue weighted by Crippen LogP contribution is -2.26. The lowest BCUT2D eigenvalue weighted by molar-refractivity contribution is -0.140. The molecule has 3 rings (SSSR count). The van der Waals surface area contributed by atoms with E-state index in [0.29, 0.717) is 10.3 Å². The summed E-state index contributed by atoms with van der Waals surface area (Å²) in [6.07, 6.45) is -1.50. The molecule has 0 unspecified atom stereocenters. The van der Waals surface area contributed by atoms with Crippen molar-refractivity contribution in [2.75, 3.05) is 5.32 Å². The monoisotopic (exact) mass is 336 g/mol. The minimum Gasteiger partial charge on any atom is -0.322 e. The highest BCUT2D eigenvalue weighted by atomic mass is 19.4. The number of pyridine rings is 1. The van der Waals surface area contributed by atoms with Crippen molar-refractivity contribution in [1.29, 1.82) is 0 Å². The molecule has 0 radical (unpaired) electrons. The summed E-state index contributed by atoms with van der Waals surface area (Å²) >= 11 is 0. The first-order chi connectivity index (χ1) is 11.3. The Morgan fingerprint density at radius 3 is 2.58 bits per heavy atom. The maximum absolute atomic E-state index is 12.5. The van der Waals surface area contributed by atoms with Crippen molar-refractivity contribution in [3.05, 3.63) is 58.8 Å². The second-order valence-corrected chi connectivity index (χ2v) is 5.05. The van der Waals surface area contributed by atoms with E-state index in [1.54, 1.807) is 12.1 Å². The van der Waals surface area contributed by atoms with E-state index in [2.05, 4.69) is 15.3 Å². The number of H-pyrrole nitrogens is 1. The molecule has 0 saturated heterocycles. The van der Waals surface area contributed by atoms with Crippen molar-refractivity contribution in [2.45, 2.75) is 12.7 Å². The zero-order valence-corrected chi connectivity index (χ0v) is 12.1. The van der Waals surface area contributed by atoms with Crippen LogP contribution in [-0.2, 0) is 6.54 Å². The highest BCUT2D eigenvalue weighted by Crippen LogP contribution is 2.20. The lowest BCUT2D eigenvalue weighted by Gasteiger charge is -2.08. The van der Waals surface area contributed by atoms with Crippen LogP contribution in [0.2, 0.25) is 0 Å². The standard InChI is InChI=1S/C15H11F3N4O2/c16-15(17,18)8-22-12-2-1-9(7-11(12)21-14(22)24)13(23)20-10-3-5-19-6-4-10/h1-7H,8H2,(H,21,24)(H,19,20,23). The number of hydrogen-bond donors (Lipinski definition) is 2. The first-order valence-corrected chi connectivity index (χ1v) is 6.84. The molecule has 0 aliphatic carbocycles. The number of imidazole rings is 1. The van der Waals surface area contributed by atoms with Gasteiger partial charge in [0.15, 0.2) is 0 Å². The van der Waals surface area contributed by atoms with Gasteiger partial charge in [0.2, 0.25) is 0 Å². The number of aromatic nitrogens is 3. The van der Waals surface area contributed by atoms with Crippen LogP contribution in [0, 0.1) is 0 Å². The van der Waals surface area contributed by atoms with Crippen LogP contribution in [0.1, 0.15) is 10.4 Å². The van der Waals surface area contributed by atoms with Crippen LogP contribution in [0.3, 0.4) is 0 Å². The number of alkyl halides is 3. The SMILES string of the molecule is O=C(Nc1ccncc1)c1ccc2c(c1)[nH]c(=O)n2CC(F)(F)F. The number of hydrogen-bond acceptors (Lipinski definition) is 3. The van der Waals surface area contributed by atoms with E-state index in [9.17, 15) is 22.8 Å². The molecule has 6 nitrogen and oxygen atoms in total. The molecule has 0 atom stereocenters. The van der Waals surface area contributed by atoms with E-state index in [0.717, 1.165) is 0 Å². The van der Waals surface area contributed by atoms with Crippen molar-refractivity contribution < 1.29 is 18.0 Å². The molecule has 0 saturated carbocycles. The fourth-order valence-corrected chi connectivity index (χ4v) is 2.28. The average Bonchev–Trinajstić information content (AvgIpc) is 2.82. The van der Waals surface area contributed by atoms with Crippen LogP contribution in [0.5, 0.6) is 0 Å². The molecule has 2 N–H and O–H groups in total. The van der Waals surface area contributed by atoms with Gasteiger partial charge in [-0.25, -0.2) is 4.79 Å². The number of nitrogens with one attached hydrogen (secondary N) is 2. The quantitative estimate of drug-likeness (QED) is 0.771. The molecule has 9 heteroatoms. The van der Waals surface area contributed by atoms with Gasteiger partial charge in [-0.3, -0.25) is 14.3 Å². The number of halogens is 3. The Bertz CT molecular complexity index is 945. The van der Waals surface area contributed by atoms with Crippen molar-refractivity contribution in [1.82, 2.24) is 14.5 Å². The number of benzene rings is 1. The van der Waals surface area contributed by atoms with Gasteiger partial charge in [0.05, 0.1) is 11.0 Å². The number of rotatable bonds is 3. The Hall–Kier alpha value is -3.10. The number of anilines is 1. The number of amides is 1. The molecule has 0 bridgehead atoms. The second-order valence-electron chi connectivity index (χ2n) is 5.05. The Labute approximate surface area is 132 Å². The Morgan fingerprint density at radius 2 is 1.92 bits per heavy atom. The number of fused-ring (bicyclic) bond motifs is 1. The van der Waals surface area contributed by atoms with Crippen molar-refractivity contribution >= 4 is 22.6 Å². The van der Waals surface area contributed by atoms with Gasteiger partial charge < -0.3 is 10.3 Å². The average molecular weight is 336 g/mol. The van der Waals surface area contributed by atoms with Crippen LogP contribution < -0.4 is 11.0 Å². The van der Waals surface area contributed by atoms with Gasteiger partial charge in [-0.2, -0.15) is 13.2 Å². The van der Waals surface area contributed by atoms with Crippen LogP contribution in [0.4, 0.5) is 18.9 Å². The minimum atomic E-state index is -4.52. The summed E-state index contributed by atoms with van der Waals surface area (Å²) in [5.41, 5.74) is 0.0939. The maximum atomic E-state index is 12.5. The summed E-state index contributed by atoms with van der Waals surface area (Å²) < 4.78 is 38.2. The fraction of sp³-hybridized carbons (Fsp3) is 0.133. The van der Waals surface area contributed by atoms with Crippen molar-refractivity contribution in [3.63, 3.8) is 0 Å². The van der Waals surface area contributed by atoms with Crippen LogP contribution in [0.25, 0.3) is 11.0 Å². The Morgan fingerprint density at radius 1 is 1.21 bits per heavy atom. The third kappa shape index (κ3) is 3.29. The maximum Gasteiger partial charge on any atom is 0.406 e. The van der Waals surface area contributed by atoms with E-state index in [4.69, 9.17) is 0 Å². The number of carbonyl (C=O) groups is 1. The minimum absolute atomic E-state index is 0.0813. The highest BCUT2D eigenvalue weighted by Gasteiger charge is 2.29. The third-order valence-electron chi connectivity index (χ3n) is 3.31. The fourth-order valence-electron chi connectivity index (χ4n) is 2.28. The molecule has 0 fully saturated rings. The van der Waals surface area contributed by atoms with E-state index >= 15 is 0 Å². The van der Waals surface area contributed by atoms with Gasteiger partial charge in [0.25, 0.3) is 5.91 Å². The van der Waals surface area contributed by atoms with Gasteiger partial charge >= 0.3 is 11.9 Å². The molecule has 0 spiro atoms. The molecular formula is C15H11F3N4O2. The Balaban J connectivity index is 1.92. The molecule has 2 heterocycles. The highest BCUT2D eigenvalue weighted by molar-refractivity contribution is 6.05. The molecule has 24 heavy (non-hydrogen) atoms. The molecular weight excluding hydrogens is 325 g/mol. The smallest absolute Gasteiger partial charge is 0.322 e. The number of nitrogens with zero attached hydrogens (tertiary/aromatic N) is 2. The van der Waals surface area contributed by atoms with E-state index in [1.807, 2.05) is 0 Å². The predicted molar refractivity (Wildman–Crippen MR) is 80.8 cm³/mol. The molecule has 1 aromatic carbocycles. The van der Waals surface area contributed by atoms with E-state index in [1.165, 1.54) is 30.6 Å². The topological polar surface area (TPSA) is 79.8 Å². The van der Waals surface area contributed by atoms with Gasteiger partial charge in [-0.15, -0.1) is 0 Å². The molecule has 0 aliphatic heterocycles. The van der Waals surface area contributed by atoms with Gasteiger partial charge in [-0.05, 0) is 30.3 Å². The number of carbonyl (C=O) groups excluding carboxylic acids is 1. The zero-order valence-electron chi connectivity index (χ0n) is 12.1. The molecule has 2 aromatic heterocycles. The van der Waals surface area contributed by atoms with Crippen LogP contribution in [0.15, 0.2) is 47.5 Å². The second kappa shape index (κ2) is 5.84. The summed E-state index contributed by atoms with van der Waals surface area (Å²) in [4.78, 5) is 30.0. The van der Waals surface area contributed by atoms with Crippen LogP contribution >= 0.6 is 0 Å². The normalized spacial score (nSPS) is 11.6. The summed E-state index contributed by atoms with van der Waals surface area (Å²) in [6.45, 7) is -1.39. The zero-order chi connectivity index (χ0) is 17.3. The van der Waals surface area contributed by atoms with E-state index in [-0.39, 0.29) is 16.6 Å². The molecule has 0 aliphatic rings. The summed E-state index contributed by atoms with van der Waals surface area (Å²) in [7, 11) is 0. The first kappa shape index (κ1) is 15.8. The largest absolute Gasteiger partial charge is 0.406 e. The van der Waals surface area contributed by atoms with Gasteiger partial charge in [0, 0.05) is 23.6 Å². The molecule has 3 aromatic rings.